The first-order valence-electron chi connectivity index (χ1n) is 16.0. The number of epoxide rings is 1. The standard InChI is InChI=1S/C36H40O11/c1-32(2)24-16-25(38)35(5)23(11-13-33(3)29(20-12-14-43-18-20)45-31(41)30-36(33,35)47-30)34(24,4)26(17-28(40)46-32)44-27(39)10-8-19-7-9-21(37)22(15-19)42-6/h7-10,12,14-15,18,23-24,26,29-30,37H,11,13,16-17H2,1-6H3/b10-8+/t23-,24+,26+,29+,30-,33+,34-,35+,36-/m1/s1. The van der Waals surface area contributed by atoms with Crippen molar-refractivity contribution in [2.45, 2.75) is 89.8 Å². The van der Waals surface area contributed by atoms with Crippen molar-refractivity contribution in [2.75, 3.05) is 7.11 Å². The van der Waals surface area contributed by atoms with Gasteiger partial charge in [0.1, 0.15) is 29.2 Å². The molecule has 1 spiro atoms. The molecule has 0 radical (unpaired) electrons. The topological polar surface area (TPSA) is 151 Å². The second-order valence-corrected chi connectivity index (χ2v) is 14.8. The first-order chi connectivity index (χ1) is 22.1. The third-order valence-corrected chi connectivity index (χ3v) is 12.4. The lowest BCUT2D eigenvalue weighted by Gasteiger charge is -2.66. The van der Waals surface area contributed by atoms with Crippen LogP contribution in [0.4, 0.5) is 0 Å². The summed E-state index contributed by atoms with van der Waals surface area (Å²) < 4.78 is 35.1. The molecule has 0 bridgehead atoms. The highest BCUT2D eigenvalue weighted by Gasteiger charge is 2.88. The molecule has 3 aliphatic heterocycles. The fourth-order valence-electron chi connectivity index (χ4n) is 10.2. The Morgan fingerprint density at radius 2 is 1.79 bits per heavy atom. The number of rotatable bonds is 5. The minimum atomic E-state index is -1.18. The molecule has 0 unspecified atom stereocenters. The molecule has 1 N–H and O–H groups in total. The highest BCUT2D eigenvalue weighted by atomic mass is 16.7. The quantitative estimate of drug-likeness (QED) is 0.200. The first-order valence-corrected chi connectivity index (χ1v) is 16.0. The van der Waals surface area contributed by atoms with Gasteiger partial charge in [0.05, 0.1) is 31.5 Å². The van der Waals surface area contributed by atoms with E-state index in [-0.39, 0.29) is 30.1 Å². The number of Topliss-reactive ketones (excluding diaryl/α,β-unsaturated/α-hetero) is 1. The van der Waals surface area contributed by atoms with E-state index in [1.54, 1.807) is 38.3 Å². The van der Waals surface area contributed by atoms with Crippen molar-refractivity contribution in [1.82, 2.24) is 0 Å². The minimum absolute atomic E-state index is 0.0343. The van der Waals surface area contributed by atoms with Gasteiger partial charge in [0.15, 0.2) is 17.6 Å². The number of aromatic hydroxyl groups is 1. The van der Waals surface area contributed by atoms with E-state index in [1.807, 2.05) is 20.8 Å². The Morgan fingerprint density at radius 3 is 2.49 bits per heavy atom. The van der Waals surface area contributed by atoms with E-state index >= 15 is 0 Å². The van der Waals surface area contributed by atoms with E-state index in [1.165, 1.54) is 31.6 Å². The summed E-state index contributed by atoms with van der Waals surface area (Å²) in [4.78, 5) is 54.9. The smallest absolute Gasteiger partial charge is 0.339 e. The maximum Gasteiger partial charge on any atom is 0.339 e. The molecular formula is C36H40O11. The number of hydrogen-bond donors (Lipinski definition) is 1. The van der Waals surface area contributed by atoms with E-state index in [2.05, 4.69) is 0 Å². The molecule has 11 heteroatoms. The number of esters is 3. The van der Waals surface area contributed by atoms with Crippen molar-refractivity contribution in [2.24, 2.45) is 28.1 Å². The van der Waals surface area contributed by atoms with Crippen molar-refractivity contribution in [1.29, 1.82) is 0 Å². The fraction of sp³-hybridized carbons (Fsp3) is 0.556. The van der Waals surface area contributed by atoms with Gasteiger partial charge in [-0.1, -0.05) is 19.9 Å². The zero-order valence-corrected chi connectivity index (χ0v) is 27.4. The van der Waals surface area contributed by atoms with Gasteiger partial charge < -0.3 is 33.2 Å². The summed E-state index contributed by atoms with van der Waals surface area (Å²) in [5, 5.41) is 9.93. The van der Waals surface area contributed by atoms with Crippen molar-refractivity contribution in [3.63, 3.8) is 0 Å². The van der Waals surface area contributed by atoms with Crippen LogP contribution in [0.1, 0.15) is 77.5 Å². The molecule has 2 aromatic rings. The van der Waals surface area contributed by atoms with Crippen molar-refractivity contribution < 1.29 is 52.4 Å². The number of ketones is 1. The van der Waals surface area contributed by atoms with Crippen LogP contribution in [-0.4, -0.2) is 59.3 Å². The lowest BCUT2D eigenvalue weighted by atomic mass is 9.37. The third kappa shape index (κ3) is 4.14. The predicted molar refractivity (Wildman–Crippen MR) is 164 cm³/mol. The molecular weight excluding hydrogens is 608 g/mol. The van der Waals surface area contributed by atoms with Crippen LogP contribution in [0.5, 0.6) is 11.5 Å². The van der Waals surface area contributed by atoms with Gasteiger partial charge in [0.25, 0.3) is 0 Å². The van der Waals surface area contributed by atoms with Gasteiger partial charge in [-0.3, -0.25) is 9.59 Å². The highest BCUT2D eigenvalue weighted by molar-refractivity contribution is 5.93. The van der Waals surface area contributed by atoms with E-state index in [4.69, 9.17) is 28.1 Å². The summed E-state index contributed by atoms with van der Waals surface area (Å²) >= 11 is 0. The van der Waals surface area contributed by atoms with E-state index in [0.717, 1.165) is 0 Å². The van der Waals surface area contributed by atoms with E-state index < -0.39 is 75.5 Å². The molecule has 4 heterocycles. The molecule has 5 fully saturated rings. The molecule has 11 nitrogen and oxygen atoms in total. The maximum atomic E-state index is 14.7. The number of cyclic esters (lactones) is 2. The summed E-state index contributed by atoms with van der Waals surface area (Å²) in [6.45, 7) is 9.52. The van der Waals surface area contributed by atoms with Gasteiger partial charge in [-0.15, -0.1) is 0 Å². The highest BCUT2D eigenvalue weighted by Crippen LogP contribution is 2.78. The molecule has 0 amide bonds. The molecule has 1 aromatic carbocycles. The van der Waals surface area contributed by atoms with Gasteiger partial charge >= 0.3 is 17.9 Å². The Kier molecular flexibility index (Phi) is 6.82. The Labute approximate surface area is 272 Å². The van der Waals surface area contributed by atoms with Gasteiger partial charge in [0, 0.05) is 34.8 Å². The number of methoxy groups -OCH3 is 1. The largest absolute Gasteiger partial charge is 0.504 e. The normalized spacial score (nSPS) is 40.1. The van der Waals surface area contributed by atoms with Crippen LogP contribution in [0.15, 0.2) is 47.3 Å². The Balaban J connectivity index is 1.29. The number of phenolic OH excluding ortho intramolecular Hbond substituents is 1. The Hall–Kier alpha value is -4.12. The molecule has 3 saturated heterocycles. The summed E-state index contributed by atoms with van der Waals surface area (Å²) in [6.07, 6.45) is 4.26. The second-order valence-electron chi connectivity index (χ2n) is 14.8. The predicted octanol–water partition coefficient (Wildman–Crippen LogP) is 5.10. The van der Waals surface area contributed by atoms with Crippen LogP contribution >= 0.6 is 0 Å². The van der Waals surface area contributed by atoms with Crippen LogP contribution in [-0.2, 0) is 38.1 Å². The molecule has 9 atom stereocenters. The zero-order valence-electron chi connectivity index (χ0n) is 27.4. The molecule has 2 aliphatic carbocycles. The number of carbonyl (C=O) groups excluding carboxylic acids is 4. The average Bonchev–Trinajstić information content (AvgIpc) is 3.60. The second kappa shape index (κ2) is 10.2. The van der Waals surface area contributed by atoms with Gasteiger partial charge in [-0.25, -0.2) is 9.59 Å². The lowest BCUT2D eigenvalue weighted by Crippen LogP contribution is -2.72. The Bertz CT molecular complexity index is 1690. The molecule has 2 saturated carbocycles. The van der Waals surface area contributed by atoms with Gasteiger partial charge in [-0.2, -0.15) is 0 Å². The van der Waals surface area contributed by atoms with Gasteiger partial charge in [0.2, 0.25) is 0 Å². The monoisotopic (exact) mass is 648 g/mol. The molecule has 250 valence electrons. The van der Waals surface area contributed by atoms with Crippen molar-refractivity contribution >= 4 is 29.8 Å². The van der Waals surface area contributed by atoms with E-state index in [0.29, 0.717) is 24.0 Å². The van der Waals surface area contributed by atoms with Crippen molar-refractivity contribution in [3.8, 4) is 11.5 Å². The molecule has 7 rings (SSSR count). The average molecular weight is 649 g/mol. The number of furan rings is 1. The fourth-order valence-corrected chi connectivity index (χ4v) is 10.2. The Morgan fingerprint density at radius 1 is 1.02 bits per heavy atom. The van der Waals surface area contributed by atoms with Crippen LogP contribution < -0.4 is 4.74 Å². The van der Waals surface area contributed by atoms with Crippen LogP contribution in [0.3, 0.4) is 0 Å². The summed E-state index contributed by atoms with van der Waals surface area (Å²) in [6, 6.07) is 6.43. The van der Waals surface area contributed by atoms with Gasteiger partial charge in [-0.05, 0) is 69.4 Å². The number of hydrogen-bond acceptors (Lipinski definition) is 11. The summed E-state index contributed by atoms with van der Waals surface area (Å²) in [5.74, 6) is -2.50. The SMILES string of the molecule is COc1cc(/C=C/C(=O)O[C@H]2CC(=O)OC(C)(C)[C@@H]3CC(=O)[C@]4(C)[C@H](CC[C@@]5(C)[C@H](c6ccoc6)OC(=O)[C@H]6O[C@]654)[C@@]23C)ccc1O. The van der Waals surface area contributed by atoms with Crippen LogP contribution in [0.25, 0.3) is 6.08 Å². The van der Waals surface area contributed by atoms with E-state index in [9.17, 15) is 24.3 Å². The number of ether oxygens (including phenoxy) is 5. The molecule has 1 aromatic heterocycles. The van der Waals surface area contributed by atoms with Crippen molar-refractivity contribution in [3.05, 3.63) is 54.0 Å². The molecule has 47 heavy (non-hydrogen) atoms. The zero-order chi connectivity index (χ0) is 33.7. The van der Waals surface area contributed by atoms with Crippen LogP contribution in [0.2, 0.25) is 0 Å². The first kappa shape index (κ1) is 31.5. The van der Waals surface area contributed by atoms with Crippen LogP contribution in [0, 0.1) is 28.1 Å². The third-order valence-electron chi connectivity index (χ3n) is 12.4. The summed E-state index contributed by atoms with van der Waals surface area (Å²) in [5.41, 5.74) is -3.78. The minimum Gasteiger partial charge on any atom is -0.504 e. The summed E-state index contributed by atoms with van der Waals surface area (Å²) in [7, 11) is 1.43. The molecule has 5 aliphatic rings. The number of phenols is 1. The number of carbonyl (C=O) groups is 4. The number of benzene rings is 1. The maximum absolute atomic E-state index is 14.7. The lowest BCUT2D eigenvalue weighted by molar-refractivity contribution is -0.233. The number of fused-ring (bicyclic) bond motifs is 3.